The fourth-order valence-electron chi connectivity index (χ4n) is 2.79. The number of carbonyl (C=O) groups is 1. The molecule has 0 radical (unpaired) electrons. The summed E-state index contributed by atoms with van der Waals surface area (Å²) in [5.41, 5.74) is 4.38. The van der Waals surface area contributed by atoms with E-state index in [1.54, 1.807) is 0 Å². The lowest BCUT2D eigenvalue weighted by Gasteiger charge is -2.23. The molecule has 22 heavy (non-hydrogen) atoms. The molecule has 1 amide bonds. The summed E-state index contributed by atoms with van der Waals surface area (Å²) < 4.78 is 0. The molecular weight excluding hydrogens is 274 g/mol. The zero-order valence-corrected chi connectivity index (χ0v) is 12.8. The summed E-state index contributed by atoms with van der Waals surface area (Å²) in [5, 5.41) is 6.37. The summed E-state index contributed by atoms with van der Waals surface area (Å²) in [7, 11) is 0. The Hall–Kier alpha value is -2.33. The molecule has 114 valence electrons. The highest BCUT2D eigenvalue weighted by Crippen LogP contribution is 2.22. The normalized spacial score (nSPS) is 14.1. The lowest BCUT2D eigenvalue weighted by molar-refractivity contribution is -0.115. The number of amides is 1. The van der Waals surface area contributed by atoms with E-state index in [1.165, 1.54) is 5.56 Å². The molecule has 1 aliphatic rings. The Morgan fingerprint density at radius 2 is 2.09 bits per heavy atom. The molecule has 0 atom stereocenters. The van der Waals surface area contributed by atoms with Gasteiger partial charge in [-0.25, -0.2) is 0 Å². The van der Waals surface area contributed by atoms with Crippen LogP contribution in [0.1, 0.15) is 11.1 Å². The van der Waals surface area contributed by atoms with Gasteiger partial charge in [0.15, 0.2) is 0 Å². The van der Waals surface area contributed by atoms with Crippen molar-refractivity contribution >= 4 is 17.3 Å². The van der Waals surface area contributed by atoms with Crippen LogP contribution < -0.4 is 15.5 Å². The summed E-state index contributed by atoms with van der Waals surface area (Å²) >= 11 is 0. The summed E-state index contributed by atoms with van der Waals surface area (Å²) in [6, 6.07) is 16.1. The summed E-state index contributed by atoms with van der Waals surface area (Å²) in [4.78, 5) is 14.5. The molecule has 0 spiro atoms. The van der Waals surface area contributed by atoms with E-state index in [-0.39, 0.29) is 5.91 Å². The number of nitrogens with one attached hydrogen (secondary N) is 2. The van der Waals surface area contributed by atoms with Crippen LogP contribution in [0.5, 0.6) is 0 Å². The number of carbonyl (C=O) groups excluding carboxylic acids is 1. The van der Waals surface area contributed by atoms with Crippen LogP contribution >= 0.6 is 0 Å². The summed E-state index contributed by atoms with van der Waals surface area (Å²) in [5.74, 6) is 0.0160. The van der Waals surface area contributed by atoms with Crippen LogP contribution in [-0.2, 0) is 11.3 Å². The van der Waals surface area contributed by atoms with Crippen LogP contribution in [0.25, 0.3) is 0 Å². The highest BCUT2D eigenvalue weighted by molar-refractivity contribution is 5.94. The van der Waals surface area contributed by atoms with Gasteiger partial charge < -0.3 is 15.5 Å². The van der Waals surface area contributed by atoms with Crippen molar-refractivity contribution < 1.29 is 4.79 Å². The molecule has 1 heterocycles. The predicted molar refractivity (Wildman–Crippen MR) is 90.2 cm³/mol. The van der Waals surface area contributed by atoms with Gasteiger partial charge in [0, 0.05) is 31.0 Å². The maximum atomic E-state index is 12.3. The van der Waals surface area contributed by atoms with Gasteiger partial charge in [-0.2, -0.15) is 0 Å². The van der Waals surface area contributed by atoms with Gasteiger partial charge in [0.1, 0.15) is 0 Å². The first-order valence-corrected chi connectivity index (χ1v) is 7.62. The van der Waals surface area contributed by atoms with Crippen molar-refractivity contribution in [2.45, 2.75) is 13.5 Å². The lowest BCUT2D eigenvalue weighted by atomic mass is 10.1. The van der Waals surface area contributed by atoms with E-state index >= 15 is 0 Å². The molecule has 4 heteroatoms. The quantitative estimate of drug-likeness (QED) is 0.914. The largest absolute Gasteiger partial charge is 0.361 e. The van der Waals surface area contributed by atoms with E-state index in [0.717, 1.165) is 36.6 Å². The van der Waals surface area contributed by atoms with Gasteiger partial charge in [0.2, 0.25) is 5.91 Å². The minimum Gasteiger partial charge on any atom is -0.361 e. The Labute approximate surface area is 131 Å². The van der Waals surface area contributed by atoms with Crippen LogP contribution in [0, 0.1) is 6.92 Å². The number of hydrogen-bond donors (Lipinski definition) is 2. The number of benzene rings is 2. The first kappa shape index (κ1) is 14.6. The van der Waals surface area contributed by atoms with Gasteiger partial charge in [-0.1, -0.05) is 30.3 Å². The van der Waals surface area contributed by atoms with Crippen LogP contribution in [0.2, 0.25) is 0 Å². The van der Waals surface area contributed by atoms with Gasteiger partial charge in [0.05, 0.1) is 6.54 Å². The Morgan fingerprint density at radius 1 is 1.23 bits per heavy atom. The molecule has 3 rings (SSSR count). The van der Waals surface area contributed by atoms with E-state index in [1.807, 2.05) is 43.3 Å². The maximum Gasteiger partial charge on any atom is 0.243 e. The molecule has 2 N–H and O–H groups in total. The second-order valence-electron chi connectivity index (χ2n) is 5.64. The third-order valence-corrected chi connectivity index (χ3v) is 3.84. The number of anilines is 2. The first-order chi connectivity index (χ1) is 10.7. The van der Waals surface area contributed by atoms with Crippen molar-refractivity contribution in [3.63, 3.8) is 0 Å². The van der Waals surface area contributed by atoms with Gasteiger partial charge in [-0.15, -0.1) is 0 Å². The van der Waals surface area contributed by atoms with Gasteiger partial charge in [0.25, 0.3) is 0 Å². The minimum absolute atomic E-state index is 0.0160. The van der Waals surface area contributed by atoms with E-state index in [4.69, 9.17) is 0 Å². The second kappa shape index (κ2) is 6.62. The molecule has 0 saturated heterocycles. The SMILES string of the molecule is Cc1cccc(NC(=O)CN2CCNCc3ccccc32)c1. The van der Waals surface area contributed by atoms with Crippen molar-refractivity contribution in [3.05, 3.63) is 59.7 Å². The molecule has 0 fully saturated rings. The standard InChI is InChI=1S/C18H21N3O/c1-14-5-4-7-16(11-14)20-18(22)13-21-10-9-19-12-15-6-2-3-8-17(15)21/h2-8,11,19H,9-10,12-13H2,1H3,(H,20,22). The average Bonchev–Trinajstić information content (AvgIpc) is 2.70. The van der Waals surface area contributed by atoms with Crippen LogP contribution in [-0.4, -0.2) is 25.5 Å². The van der Waals surface area contributed by atoms with Gasteiger partial charge >= 0.3 is 0 Å². The average molecular weight is 295 g/mol. The number of hydrogen-bond acceptors (Lipinski definition) is 3. The fraction of sp³-hybridized carbons (Fsp3) is 0.278. The Balaban J connectivity index is 1.71. The Morgan fingerprint density at radius 3 is 2.95 bits per heavy atom. The van der Waals surface area contributed by atoms with Crippen molar-refractivity contribution in [3.8, 4) is 0 Å². The molecule has 0 aromatic heterocycles. The molecule has 0 saturated carbocycles. The highest BCUT2D eigenvalue weighted by Gasteiger charge is 2.17. The number of para-hydroxylation sites is 1. The third-order valence-electron chi connectivity index (χ3n) is 3.84. The van der Waals surface area contributed by atoms with Crippen molar-refractivity contribution in [1.29, 1.82) is 0 Å². The Bertz CT molecular complexity index is 669. The van der Waals surface area contributed by atoms with E-state index in [2.05, 4.69) is 27.7 Å². The van der Waals surface area contributed by atoms with Crippen LogP contribution in [0.4, 0.5) is 11.4 Å². The van der Waals surface area contributed by atoms with E-state index < -0.39 is 0 Å². The molecule has 0 aliphatic carbocycles. The van der Waals surface area contributed by atoms with Crippen molar-refractivity contribution in [2.75, 3.05) is 29.9 Å². The van der Waals surface area contributed by atoms with Crippen molar-refractivity contribution in [2.24, 2.45) is 0 Å². The van der Waals surface area contributed by atoms with E-state index in [0.29, 0.717) is 6.54 Å². The number of aryl methyl sites for hydroxylation is 1. The summed E-state index contributed by atoms with van der Waals surface area (Å²) in [6.07, 6.45) is 0. The first-order valence-electron chi connectivity index (χ1n) is 7.62. The molecule has 0 unspecified atom stereocenters. The maximum absolute atomic E-state index is 12.3. The molecule has 2 aromatic carbocycles. The Kier molecular flexibility index (Phi) is 4.39. The fourth-order valence-corrected chi connectivity index (χ4v) is 2.79. The monoisotopic (exact) mass is 295 g/mol. The smallest absolute Gasteiger partial charge is 0.243 e. The summed E-state index contributed by atoms with van der Waals surface area (Å²) in [6.45, 7) is 4.95. The number of nitrogens with zero attached hydrogens (tertiary/aromatic N) is 1. The van der Waals surface area contributed by atoms with E-state index in [9.17, 15) is 4.79 Å². The minimum atomic E-state index is 0.0160. The third kappa shape index (κ3) is 3.46. The predicted octanol–water partition coefficient (Wildman–Crippen LogP) is 2.54. The lowest BCUT2D eigenvalue weighted by Crippen LogP contribution is -2.36. The molecule has 4 nitrogen and oxygen atoms in total. The van der Waals surface area contributed by atoms with Crippen molar-refractivity contribution in [1.82, 2.24) is 5.32 Å². The second-order valence-corrected chi connectivity index (χ2v) is 5.64. The number of fused-ring (bicyclic) bond motifs is 1. The van der Waals surface area contributed by atoms with Crippen LogP contribution in [0.3, 0.4) is 0 Å². The molecule has 2 aromatic rings. The zero-order chi connectivity index (χ0) is 15.4. The molecule has 1 aliphatic heterocycles. The zero-order valence-electron chi connectivity index (χ0n) is 12.8. The highest BCUT2D eigenvalue weighted by atomic mass is 16.2. The topological polar surface area (TPSA) is 44.4 Å². The van der Waals surface area contributed by atoms with Crippen LogP contribution in [0.15, 0.2) is 48.5 Å². The number of rotatable bonds is 3. The molecular formula is C18H21N3O. The molecule has 0 bridgehead atoms. The van der Waals surface area contributed by atoms with Gasteiger partial charge in [-0.05, 0) is 36.2 Å². The van der Waals surface area contributed by atoms with Gasteiger partial charge in [-0.3, -0.25) is 4.79 Å².